The van der Waals surface area contributed by atoms with Gasteiger partial charge in [-0.25, -0.2) is 0 Å². The smallest absolute Gasteiger partial charge is 0.209 e. The van der Waals surface area contributed by atoms with Crippen LogP contribution < -0.4 is 5.32 Å². The van der Waals surface area contributed by atoms with Crippen LogP contribution in [-0.2, 0) is 4.79 Å². The number of anilines is 1. The molecule has 0 aliphatic heterocycles. The first-order chi connectivity index (χ1) is 11.4. The molecule has 0 aliphatic carbocycles. The van der Waals surface area contributed by atoms with Crippen LogP contribution in [-0.4, -0.2) is 55.1 Å². The SMILES string of the molecule is C=C(/C=C(/C)SCNc1ccccc1)C(=N)N(C)CCN(C)C=O. The summed E-state index contributed by atoms with van der Waals surface area (Å²) >= 11 is 1.67. The molecule has 0 atom stereocenters. The summed E-state index contributed by atoms with van der Waals surface area (Å²) in [5.41, 5.74) is 1.75. The first kappa shape index (κ1) is 19.8. The highest BCUT2D eigenvalue weighted by Crippen LogP contribution is 2.18. The molecule has 0 heterocycles. The average molecular weight is 347 g/mol. The van der Waals surface area contributed by atoms with E-state index in [0.717, 1.165) is 22.9 Å². The van der Waals surface area contributed by atoms with Crippen LogP contribution in [0.3, 0.4) is 0 Å². The standard InChI is InChI=1S/C18H26N4OS/c1-15(18(19)22(4)11-10-21(3)14-23)12-16(2)24-13-20-17-8-6-5-7-9-17/h5-9,12,14,19-20H,1,10-11,13H2,2-4H3/b16-12-,19-18?. The molecule has 130 valence electrons. The summed E-state index contributed by atoms with van der Waals surface area (Å²) in [4.78, 5) is 15.0. The summed E-state index contributed by atoms with van der Waals surface area (Å²) < 4.78 is 0. The number of amidine groups is 1. The second-order valence-corrected chi connectivity index (χ2v) is 6.69. The van der Waals surface area contributed by atoms with Crippen LogP contribution in [0.5, 0.6) is 0 Å². The first-order valence-corrected chi connectivity index (χ1v) is 8.67. The van der Waals surface area contributed by atoms with Crippen LogP contribution in [0.2, 0.25) is 0 Å². The van der Waals surface area contributed by atoms with Gasteiger partial charge in [-0.3, -0.25) is 10.2 Å². The van der Waals surface area contributed by atoms with Crippen molar-refractivity contribution >= 4 is 29.7 Å². The highest BCUT2D eigenvalue weighted by molar-refractivity contribution is 8.03. The molecule has 1 amide bonds. The number of likely N-dealkylation sites (N-methyl/N-ethyl adjacent to an activating group) is 2. The number of carbonyl (C=O) groups is 1. The van der Waals surface area contributed by atoms with Crippen molar-refractivity contribution in [1.82, 2.24) is 9.80 Å². The van der Waals surface area contributed by atoms with Gasteiger partial charge in [0.15, 0.2) is 0 Å². The van der Waals surface area contributed by atoms with Crippen molar-refractivity contribution < 1.29 is 4.79 Å². The normalized spacial score (nSPS) is 10.9. The molecule has 0 aromatic heterocycles. The Labute approximate surface area is 148 Å². The summed E-state index contributed by atoms with van der Waals surface area (Å²) in [6.07, 6.45) is 2.70. The van der Waals surface area contributed by atoms with Crippen molar-refractivity contribution in [3.8, 4) is 0 Å². The van der Waals surface area contributed by atoms with E-state index in [1.54, 1.807) is 28.6 Å². The van der Waals surface area contributed by atoms with E-state index in [0.29, 0.717) is 24.5 Å². The van der Waals surface area contributed by atoms with Crippen LogP contribution in [0.1, 0.15) is 6.92 Å². The fourth-order valence-corrected chi connectivity index (χ4v) is 2.55. The zero-order valence-electron chi connectivity index (χ0n) is 14.6. The number of hydrogen-bond acceptors (Lipinski definition) is 4. The van der Waals surface area contributed by atoms with Gasteiger partial charge in [-0.1, -0.05) is 24.8 Å². The van der Waals surface area contributed by atoms with Gasteiger partial charge in [-0.15, -0.1) is 11.8 Å². The Morgan fingerprint density at radius 1 is 1.29 bits per heavy atom. The summed E-state index contributed by atoms with van der Waals surface area (Å²) in [7, 11) is 3.55. The molecule has 1 rings (SSSR count). The fourth-order valence-electron chi connectivity index (χ4n) is 1.86. The van der Waals surface area contributed by atoms with Crippen molar-refractivity contribution in [2.75, 3.05) is 38.4 Å². The number of carbonyl (C=O) groups excluding carboxylic acids is 1. The van der Waals surface area contributed by atoms with Gasteiger partial charge in [-0.05, 0) is 30.0 Å². The molecule has 1 aromatic rings. The Kier molecular flexibility index (Phi) is 8.71. The molecule has 0 unspecified atom stereocenters. The largest absolute Gasteiger partial charge is 0.376 e. The molecule has 5 nitrogen and oxygen atoms in total. The van der Waals surface area contributed by atoms with Crippen molar-refractivity contribution in [3.63, 3.8) is 0 Å². The quantitative estimate of drug-likeness (QED) is 0.224. The zero-order valence-corrected chi connectivity index (χ0v) is 15.4. The van der Waals surface area contributed by atoms with E-state index >= 15 is 0 Å². The lowest BCUT2D eigenvalue weighted by Gasteiger charge is -2.22. The summed E-state index contributed by atoms with van der Waals surface area (Å²) in [5.74, 6) is 1.12. The third kappa shape index (κ3) is 7.37. The van der Waals surface area contributed by atoms with E-state index in [1.807, 2.05) is 50.4 Å². The van der Waals surface area contributed by atoms with Gasteiger partial charge in [0.2, 0.25) is 6.41 Å². The minimum Gasteiger partial charge on any atom is -0.376 e. The number of para-hydroxylation sites is 1. The molecule has 0 bridgehead atoms. The van der Waals surface area contributed by atoms with E-state index in [4.69, 9.17) is 5.41 Å². The monoisotopic (exact) mass is 346 g/mol. The maximum atomic E-state index is 10.6. The van der Waals surface area contributed by atoms with Gasteiger partial charge in [-0.2, -0.15) is 0 Å². The Hall–Kier alpha value is -2.21. The summed E-state index contributed by atoms with van der Waals surface area (Å²) in [6, 6.07) is 10.0. The maximum Gasteiger partial charge on any atom is 0.209 e. The Morgan fingerprint density at radius 2 is 1.96 bits per heavy atom. The third-order valence-corrected chi connectivity index (χ3v) is 4.24. The minimum atomic E-state index is 0.366. The van der Waals surface area contributed by atoms with Crippen molar-refractivity contribution in [3.05, 3.63) is 53.5 Å². The molecule has 1 aromatic carbocycles. The number of nitrogens with zero attached hydrogens (tertiary/aromatic N) is 2. The third-order valence-electron chi connectivity index (χ3n) is 3.38. The number of thioether (sulfide) groups is 1. The van der Waals surface area contributed by atoms with Crippen LogP contribution >= 0.6 is 11.8 Å². The number of allylic oxidation sites excluding steroid dienone is 1. The molecule has 0 saturated carbocycles. The zero-order chi connectivity index (χ0) is 17.9. The van der Waals surface area contributed by atoms with Gasteiger partial charge >= 0.3 is 0 Å². The van der Waals surface area contributed by atoms with E-state index in [-0.39, 0.29) is 0 Å². The Bertz CT molecular complexity index is 586. The fraction of sp³-hybridized carbons (Fsp3) is 0.333. The number of amides is 1. The predicted octanol–water partition coefficient (Wildman–Crippen LogP) is 3.25. The first-order valence-electron chi connectivity index (χ1n) is 7.68. The van der Waals surface area contributed by atoms with Crippen molar-refractivity contribution in [2.24, 2.45) is 0 Å². The molecule has 2 N–H and O–H groups in total. The minimum absolute atomic E-state index is 0.366. The number of nitrogens with one attached hydrogen (secondary N) is 2. The highest BCUT2D eigenvalue weighted by Gasteiger charge is 2.08. The van der Waals surface area contributed by atoms with Crippen LogP contribution in [0.25, 0.3) is 0 Å². The topological polar surface area (TPSA) is 59.4 Å². The van der Waals surface area contributed by atoms with Gasteiger partial charge in [0.25, 0.3) is 0 Å². The lowest BCUT2D eigenvalue weighted by Crippen LogP contribution is -2.34. The number of rotatable bonds is 10. The molecular formula is C18H26N4OS. The second-order valence-electron chi connectivity index (χ2n) is 5.47. The van der Waals surface area contributed by atoms with Crippen LogP contribution in [0.4, 0.5) is 5.69 Å². The van der Waals surface area contributed by atoms with Gasteiger partial charge in [0, 0.05) is 38.4 Å². The van der Waals surface area contributed by atoms with Gasteiger partial charge in [0.05, 0.1) is 5.88 Å². The molecular weight excluding hydrogens is 320 g/mol. The number of hydrogen-bond donors (Lipinski definition) is 2. The molecule has 6 heteroatoms. The van der Waals surface area contributed by atoms with E-state index in [1.165, 1.54) is 0 Å². The lowest BCUT2D eigenvalue weighted by atomic mass is 10.2. The van der Waals surface area contributed by atoms with Crippen LogP contribution in [0, 0.1) is 5.41 Å². The average Bonchev–Trinajstić information content (AvgIpc) is 2.59. The van der Waals surface area contributed by atoms with E-state index < -0.39 is 0 Å². The Balaban J connectivity index is 2.41. The van der Waals surface area contributed by atoms with Crippen molar-refractivity contribution in [1.29, 1.82) is 5.41 Å². The molecule has 0 fully saturated rings. The number of benzene rings is 1. The lowest BCUT2D eigenvalue weighted by molar-refractivity contribution is -0.117. The summed E-state index contributed by atoms with van der Waals surface area (Å²) in [6.45, 7) is 7.16. The summed E-state index contributed by atoms with van der Waals surface area (Å²) in [5, 5.41) is 11.5. The second kappa shape index (κ2) is 10.5. The van der Waals surface area contributed by atoms with Crippen molar-refractivity contribution in [2.45, 2.75) is 6.92 Å². The van der Waals surface area contributed by atoms with E-state index in [9.17, 15) is 4.79 Å². The Morgan fingerprint density at radius 3 is 2.58 bits per heavy atom. The van der Waals surface area contributed by atoms with Gasteiger partial charge in [0.1, 0.15) is 5.84 Å². The van der Waals surface area contributed by atoms with E-state index in [2.05, 4.69) is 11.9 Å². The van der Waals surface area contributed by atoms with Crippen LogP contribution in [0.15, 0.2) is 53.5 Å². The maximum absolute atomic E-state index is 10.6. The molecule has 0 aliphatic rings. The molecule has 0 radical (unpaired) electrons. The van der Waals surface area contributed by atoms with Gasteiger partial charge < -0.3 is 15.1 Å². The molecule has 24 heavy (non-hydrogen) atoms. The molecule has 0 spiro atoms. The highest BCUT2D eigenvalue weighted by atomic mass is 32.2. The predicted molar refractivity (Wildman–Crippen MR) is 104 cm³/mol. The molecule has 0 saturated heterocycles.